The highest BCUT2D eigenvalue weighted by Gasteiger charge is 2.19. The van der Waals surface area contributed by atoms with Crippen molar-refractivity contribution in [2.24, 2.45) is 0 Å². The lowest BCUT2D eigenvalue weighted by molar-refractivity contribution is 0.256. The van der Waals surface area contributed by atoms with E-state index in [0.29, 0.717) is 6.42 Å². The summed E-state index contributed by atoms with van der Waals surface area (Å²) in [5.41, 5.74) is 0.915. The quantitative estimate of drug-likeness (QED) is 0.853. The van der Waals surface area contributed by atoms with Gasteiger partial charge in [0.05, 0.1) is 11.5 Å². The second kappa shape index (κ2) is 6.80. The molecule has 1 atom stereocenters. The van der Waals surface area contributed by atoms with Gasteiger partial charge in [0.25, 0.3) is 0 Å². The summed E-state index contributed by atoms with van der Waals surface area (Å²) in [4.78, 5) is -0.0320. The van der Waals surface area contributed by atoms with Crippen LogP contribution in [0, 0.1) is 5.82 Å². The Balaban J connectivity index is 2.12. The average Bonchev–Trinajstić information content (AvgIpc) is 2.48. The van der Waals surface area contributed by atoms with E-state index in [1.165, 1.54) is 12.1 Å². The van der Waals surface area contributed by atoms with Crippen LogP contribution >= 0.6 is 0 Å². The van der Waals surface area contributed by atoms with Gasteiger partial charge in [-0.2, -0.15) is 0 Å². The minimum atomic E-state index is -3.79. The van der Waals surface area contributed by atoms with Crippen LogP contribution in [0.3, 0.4) is 0 Å². The predicted molar refractivity (Wildman–Crippen MR) is 77.7 cm³/mol. The lowest BCUT2D eigenvalue weighted by atomic mass is 10.1. The monoisotopic (exact) mass is 309 g/mol. The highest BCUT2D eigenvalue weighted by molar-refractivity contribution is 7.89. The van der Waals surface area contributed by atoms with Crippen LogP contribution in [0.15, 0.2) is 59.5 Å². The average molecular weight is 309 g/mol. The Morgan fingerprint density at radius 2 is 1.67 bits per heavy atom. The van der Waals surface area contributed by atoms with E-state index in [1.807, 2.05) is 30.3 Å². The summed E-state index contributed by atoms with van der Waals surface area (Å²) >= 11 is 0. The molecule has 0 aliphatic carbocycles. The lowest BCUT2D eigenvalue weighted by Gasteiger charge is -2.16. The van der Waals surface area contributed by atoms with E-state index in [-0.39, 0.29) is 11.5 Å². The smallest absolute Gasteiger partial charge is 0.240 e. The predicted octanol–water partition coefficient (Wildman–Crippen LogP) is 1.71. The molecule has 4 nitrogen and oxygen atoms in total. The van der Waals surface area contributed by atoms with E-state index in [2.05, 4.69) is 4.72 Å². The van der Waals surface area contributed by atoms with Crippen molar-refractivity contribution in [2.75, 3.05) is 6.61 Å². The Hall–Kier alpha value is -1.76. The van der Waals surface area contributed by atoms with Crippen LogP contribution in [-0.2, 0) is 16.4 Å². The van der Waals surface area contributed by atoms with Crippen molar-refractivity contribution in [3.8, 4) is 0 Å². The molecule has 0 saturated carbocycles. The molecule has 0 saturated heterocycles. The summed E-state index contributed by atoms with van der Waals surface area (Å²) in [6.07, 6.45) is 0.373. The number of aliphatic hydroxyl groups excluding tert-OH is 1. The third kappa shape index (κ3) is 4.35. The zero-order chi connectivity index (χ0) is 15.3. The fourth-order valence-electron chi connectivity index (χ4n) is 1.94. The minimum Gasteiger partial charge on any atom is -0.395 e. The number of hydrogen-bond donors (Lipinski definition) is 2. The van der Waals surface area contributed by atoms with Gasteiger partial charge in [0.15, 0.2) is 0 Å². The molecule has 0 fully saturated rings. The Labute approximate surface area is 123 Å². The summed E-state index contributed by atoms with van der Waals surface area (Å²) in [7, 11) is -3.79. The lowest BCUT2D eigenvalue weighted by Crippen LogP contribution is -2.39. The van der Waals surface area contributed by atoms with Gasteiger partial charge >= 0.3 is 0 Å². The maximum Gasteiger partial charge on any atom is 0.240 e. The molecule has 0 radical (unpaired) electrons. The molecule has 0 aliphatic heterocycles. The zero-order valence-corrected chi connectivity index (χ0v) is 12.1. The highest BCUT2D eigenvalue weighted by atomic mass is 32.2. The SMILES string of the molecule is O=S(=O)(N[C@H](CO)Cc1ccccc1)c1ccc(F)cc1. The number of rotatable bonds is 6. The molecule has 2 aromatic rings. The molecule has 2 aromatic carbocycles. The third-order valence-corrected chi connectivity index (χ3v) is 4.53. The van der Waals surface area contributed by atoms with Crippen LogP contribution in [0.2, 0.25) is 0 Å². The summed E-state index contributed by atoms with van der Waals surface area (Å²) in [6, 6.07) is 13.2. The minimum absolute atomic E-state index is 0.0320. The number of halogens is 1. The van der Waals surface area contributed by atoms with E-state index in [0.717, 1.165) is 17.7 Å². The number of benzene rings is 2. The molecule has 112 valence electrons. The molecule has 2 rings (SSSR count). The number of sulfonamides is 1. The van der Waals surface area contributed by atoms with E-state index < -0.39 is 21.9 Å². The van der Waals surface area contributed by atoms with Crippen LogP contribution in [-0.4, -0.2) is 26.2 Å². The van der Waals surface area contributed by atoms with Gasteiger partial charge in [0.2, 0.25) is 10.0 Å². The Morgan fingerprint density at radius 1 is 1.05 bits per heavy atom. The maximum absolute atomic E-state index is 12.8. The summed E-state index contributed by atoms with van der Waals surface area (Å²) in [6.45, 7) is -0.324. The van der Waals surface area contributed by atoms with Crippen LogP contribution in [0.25, 0.3) is 0 Å². The first-order valence-electron chi connectivity index (χ1n) is 6.44. The highest BCUT2D eigenvalue weighted by Crippen LogP contribution is 2.11. The van der Waals surface area contributed by atoms with Crippen molar-refractivity contribution >= 4 is 10.0 Å². The molecule has 0 bridgehead atoms. The van der Waals surface area contributed by atoms with Crippen molar-refractivity contribution in [2.45, 2.75) is 17.4 Å². The Morgan fingerprint density at radius 3 is 2.24 bits per heavy atom. The fraction of sp³-hybridized carbons (Fsp3) is 0.200. The van der Waals surface area contributed by atoms with Gasteiger partial charge in [-0.25, -0.2) is 17.5 Å². The van der Waals surface area contributed by atoms with Gasteiger partial charge in [0, 0.05) is 6.04 Å². The number of nitrogens with one attached hydrogen (secondary N) is 1. The van der Waals surface area contributed by atoms with Crippen molar-refractivity contribution < 1.29 is 17.9 Å². The molecule has 2 N–H and O–H groups in total. The molecular formula is C15H16FNO3S. The van der Waals surface area contributed by atoms with Crippen LogP contribution in [0.5, 0.6) is 0 Å². The molecule has 0 amide bonds. The largest absolute Gasteiger partial charge is 0.395 e. The summed E-state index contributed by atoms with van der Waals surface area (Å²) in [5.74, 6) is -0.503. The van der Waals surface area contributed by atoms with Crippen LogP contribution in [0.4, 0.5) is 4.39 Å². The molecule has 21 heavy (non-hydrogen) atoms. The van der Waals surface area contributed by atoms with Gasteiger partial charge < -0.3 is 5.11 Å². The number of hydrogen-bond acceptors (Lipinski definition) is 3. The molecule has 0 aliphatic rings. The molecule has 0 aromatic heterocycles. The first kappa shape index (κ1) is 15.6. The van der Waals surface area contributed by atoms with Gasteiger partial charge in [-0.15, -0.1) is 0 Å². The van der Waals surface area contributed by atoms with Crippen molar-refractivity contribution in [3.63, 3.8) is 0 Å². The molecule has 0 spiro atoms. The first-order valence-corrected chi connectivity index (χ1v) is 7.92. The fourth-order valence-corrected chi connectivity index (χ4v) is 3.17. The second-order valence-corrected chi connectivity index (χ2v) is 6.36. The van der Waals surface area contributed by atoms with Gasteiger partial charge in [-0.3, -0.25) is 0 Å². The van der Waals surface area contributed by atoms with E-state index in [4.69, 9.17) is 0 Å². The van der Waals surface area contributed by atoms with E-state index >= 15 is 0 Å². The van der Waals surface area contributed by atoms with Crippen molar-refractivity contribution in [3.05, 3.63) is 66.0 Å². The first-order chi connectivity index (χ1) is 10.0. The summed E-state index contributed by atoms with van der Waals surface area (Å²) < 4.78 is 39.6. The molecule has 6 heteroatoms. The van der Waals surface area contributed by atoms with E-state index in [9.17, 15) is 17.9 Å². The molecule has 0 heterocycles. The summed E-state index contributed by atoms with van der Waals surface area (Å²) in [5, 5.41) is 9.35. The maximum atomic E-state index is 12.8. The van der Waals surface area contributed by atoms with Gasteiger partial charge in [0.1, 0.15) is 5.82 Å². The topological polar surface area (TPSA) is 66.4 Å². The van der Waals surface area contributed by atoms with Crippen LogP contribution in [0.1, 0.15) is 5.56 Å². The number of aliphatic hydroxyl groups is 1. The zero-order valence-electron chi connectivity index (χ0n) is 11.2. The second-order valence-electron chi connectivity index (χ2n) is 4.64. The molecular weight excluding hydrogens is 293 g/mol. The Kier molecular flexibility index (Phi) is 5.06. The van der Waals surface area contributed by atoms with Crippen molar-refractivity contribution in [1.82, 2.24) is 4.72 Å². The van der Waals surface area contributed by atoms with Gasteiger partial charge in [-0.1, -0.05) is 30.3 Å². The normalized spacial score (nSPS) is 13.0. The molecule has 0 unspecified atom stereocenters. The third-order valence-electron chi connectivity index (χ3n) is 2.99. The standard InChI is InChI=1S/C15H16FNO3S/c16-13-6-8-15(9-7-13)21(19,20)17-14(11-18)10-12-4-2-1-3-5-12/h1-9,14,17-18H,10-11H2/t14-/m0/s1. The Bertz CT molecular complexity index is 672. The van der Waals surface area contributed by atoms with Crippen LogP contribution < -0.4 is 4.72 Å². The van der Waals surface area contributed by atoms with Gasteiger partial charge in [-0.05, 0) is 36.2 Å². The van der Waals surface area contributed by atoms with E-state index in [1.54, 1.807) is 0 Å². The van der Waals surface area contributed by atoms with Crippen molar-refractivity contribution in [1.29, 1.82) is 0 Å².